The first-order valence-electron chi connectivity index (χ1n) is 7.35. The van der Waals surface area contributed by atoms with Gasteiger partial charge in [0, 0.05) is 19.1 Å². The van der Waals surface area contributed by atoms with Crippen LogP contribution in [0.3, 0.4) is 0 Å². The molecule has 0 fully saturated rings. The van der Waals surface area contributed by atoms with E-state index in [1.807, 2.05) is 25.1 Å². The number of hydrogen-bond acceptors (Lipinski definition) is 5. The van der Waals surface area contributed by atoms with E-state index >= 15 is 0 Å². The Bertz CT molecular complexity index is 489. The summed E-state index contributed by atoms with van der Waals surface area (Å²) < 4.78 is 16.0. The molecule has 0 aromatic heterocycles. The predicted molar refractivity (Wildman–Crippen MR) is 79.2 cm³/mol. The molecule has 1 aromatic rings. The number of methoxy groups -OCH3 is 1. The minimum absolute atomic E-state index is 0.0463. The molecule has 0 spiro atoms. The summed E-state index contributed by atoms with van der Waals surface area (Å²) in [6, 6.07) is 5.97. The second-order valence-corrected chi connectivity index (χ2v) is 5.13. The van der Waals surface area contributed by atoms with Gasteiger partial charge in [-0.3, -0.25) is 4.79 Å². The van der Waals surface area contributed by atoms with Crippen LogP contribution in [-0.2, 0) is 20.7 Å². The Kier molecular flexibility index (Phi) is 5.59. The van der Waals surface area contributed by atoms with E-state index in [0.717, 1.165) is 17.7 Å². The van der Waals surface area contributed by atoms with E-state index in [9.17, 15) is 4.79 Å². The predicted octanol–water partition coefficient (Wildman–Crippen LogP) is 1.98. The minimum Gasteiger partial charge on any atom is -0.494 e. The summed E-state index contributed by atoms with van der Waals surface area (Å²) in [5.74, 6) is 0.658. The van der Waals surface area contributed by atoms with Gasteiger partial charge >= 0.3 is 5.97 Å². The van der Waals surface area contributed by atoms with Gasteiger partial charge in [0.25, 0.3) is 0 Å². The molecule has 0 radical (unpaired) electrons. The maximum Gasteiger partial charge on any atom is 0.305 e. The second kappa shape index (κ2) is 7.43. The molecule has 1 aliphatic rings. The van der Waals surface area contributed by atoms with E-state index in [1.165, 1.54) is 12.7 Å². The molecule has 5 heteroatoms. The fourth-order valence-electron chi connectivity index (χ4n) is 2.63. The topological polar surface area (TPSA) is 70.8 Å². The van der Waals surface area contributed by atoms with Crippen molar-refractivity contribution < 1.29 is 19.0 Å². The van der Waals surface area contributed by atoms with Gasteiger partial charge in [-0.25, -0.2) is 0 Å². The third-order valence-corrected chi connectivity index (χ3v) is 3.63. The zero-order valence-corrected chi connectivity index (χ0v) is 12.6. The Balaban J connectivity index is 1.92. The Hall–Kier alpha value is -1.59. The lowest BCUT2D eigenvalue weighted by molar-refractivity contribution is -0.141. The SMILES string of the molecule is CCOc1ccc2c(c1)CC(N)C2OCCCC(=O)OC. The first kappa shape index (κ1) is 15.8. The van der Waals surface area contributed by atoms with Crippen LogP contribution in [0, 0.1) is 0 Å². The Morgan fingerprint density at radius 1 is 1.43 bits per heavy atom. The van der Waals surface area contributed by atoms with Crippen molar-refractivity contribution >= 4 is 5.97 Å². The largest absolute Gasteiger partial charge is 0.494 e. The molecule has 2 unspecified atom stereocenters. The molecule has 2 N–H and O–H groups in total. The smallest absolute Gasteiger partial charge is 0.305 e. The fraction of sp³-hybridized carbons (Fsp3) is 0.562. The average Bonchev–Trinajstić information content (AvgIpc) is 2.78. The van der Waals surface area contributed by atoms with E-state index in [-0.39, 0.29) is 18.1 Å². The van der Waals surface area contributed by atoms with Gasteiger partial charge in [0.2, 0.25) is 0 Å². The third kappa shape index (κ3) is 3.95. The summed E-state index contributed by atoms with van der Waals surface area (Å²) >= 11 is 0. The normalized spacial score (nSPS) is 20.1. The fourth-order valence-corrected chi connectivity index (χ4v) is 2.63. The highest BCUT2D eigenvalue weighted by molar-refractivity contribution is 5.69. The molecule has 2 rings (SSSR count). The van der Waals surface area contributed by atoms with Gasteiger partial charge in [0.05, 0.1) is 19.8 Å². The van der Waals surface area contributed by atoms with E-state index < -0.39 is 0 Å². The molecule has 116 valence electrons. The lowest BCUT2D eigenvalue weighted by atomic mass is 10.1. The molecular weight excluding hydrogens is 270 g/mol. The third-order valence-electron chi connectivity index (χ3n) is 3.63. The van der Waals surface area contributed by atoms with Crippen molar-refractivity contribution in [3.05, 3.63) is 29.3 Å². The number of esters is 1. The quantitative estimate of drug-likeness (QED) is 0.615. The number of benzene rings is 1. The molecular formula is C16H23NO4. The summed E-state index contributed by atoms with van der Waals surface area (Å²) in [6.07, 6.45) is 1.70. The number of rotatable bonds is 7. The lowest BCUT2D eigenvalue weighted by Gasteiger charge is -2.17. The van der Waals surface area contributed by atoms with Crippen LogP contribution in [0.2, 0.25) is 0 Å². The van der Waals surface area contributed by atoms with Crippen LogP contribution in [0.15, 0.2) is 18.2 Å². The molecule has 21 heavy (non-hydrogen) atoms. The summed E-state index contributed by atoms with van der Waals surface area (Å²) in [4.78, 5) is 11.1. The van der Waals surface area contributed by atoms with E-state index in [1.54, 1.807) is 0 Å². The van der Waals surface area contributed by atoms with Crippen LogP contribution in [-0.4, -0.2) is 32.3 Å². The van der Waals surface area contributed by atoms with E-state index in [4.69, 9.17) is 15.2 Å². The van der Waals surface area contributed by atoms with Crippen LogP contribution in [0.4, 0.5) is 0 Å². The highest BCUT2D eigenvalue weighted by Gasteiger charge is 2.30. The summed E-state index contributed by atoms with van der Waals surface area (Å²) in [6.45, 7) is 3.12. The van der Waals surface area contributed by atoms with Gasteiger partial charge in [0.15, 0.2) is 0 Å². The monoisotopic (exact) mass is 293 g/mol. The van der Waals surface area contributed by atoms with Crippen molar-refractivity contribution in [2.24, 2.45) is 5.73 Å². The van der Waals surface area contributed by atoms with Crippen molar-refractivity contribution in [1.29, 1.82) is 0 Å². The molecule has 0 saturated heterocycles. The second-order valence-electron chi connectivity index (χ2n) is 5.13. The first-order valence-corrected chi connectivity index (χ1v) is 7.35. The van der Waals surface area contributed by atoms with Gasteiger partial charge in [-0.1, -0.05) is 6.07 Å². The van der Waals surface area contributed by atoms with Gasteiger partial charge in [-0.2, -0.15) is 0 Å². The average molecular weight is 293 g/mol. The number of fused-ring (bicyclic) bond motifs is 1. The van der Waals surface area contributed by atoms with Gasteiger partial charge in [-0.05, 0) is 43.0 Å². The molecule has 1 aromatic carbocycles. The number of hydrogen-bond donors (Lipinski definition) is 1. The molecule has 0 saturated carbocycles. The van der Waals surface area contributed by atoms with Crippen molar-refractivity contribution in [3.63, 3.8) is 0 Å². The maximum absolute atomic E-state index is 11.1. The molecule has 0 aliphatic heterocycles. The van der Waals surface area contributed by atoms with Crippen LogP contribution in [0.5, 0.6) is 5.75 Å². The zero-order chi connectivity index (χ0) is 15.2. The highest BCUT2D eigenvalue weighted by Crippen LogP contribution is 2.35. The summed E-state index contributed by atoms with van der Waals surface area (Å²) in [5.41, 5.74) is 8.48. The van der Waals surface area contributed by atoms with Crippen LogP contribution >= 0.6 is 0 Å². The van der Waals surface area contributed by atoms with Crippen molar-refractivity contribution in [1.82, 2.24) is 0 Å². The Labute approximate surface area is 125 Å². The number of nitrogens with two attached hydrogens (primary N) is 1. The van der Waals surface area contributed by atoms with Gasteiger partial charge in [-0.15, -0.1) is 0 Å². The highest BCUT2D eigenvalue weighted by atomic mass is 16.5. The number of carbonyl (C=O) groups is 1. The Morgan fingerprint density at radius 3 is 2.95 bits per heavy atom. The van der Waals surface area contributed by atoms with Gasteiger partial charge in [0.1, 0.15) is 5.75 Å². The van der Waals surface area contributed by atoms with E-state index in [2.05, 4.69) is 4.74 Å². The molecule has 0 bridgehead atoms. The summed E-state index contributed by atoms with van der Waals surface area (Å²) in [7, 11) is 1.39. The van der Waals surface area contributed by atoms with Crippen LogP contribution in [0.1, 0.15) is 37.0 Å². The molecule has 2 atom stereocenters. The number of ether oxygens (including phenoxy) is 3. The molecule has 0 heterocycles. The van der Waals surface area contributed by atoms with Crippen molar-refractivity contribution in [2.75, 3.05) is 20.3 Å². The number of carbonyl (C=O) groups excluding carboxylic acids is 1. The summed E-state index contributed by atoms with van der Waals surface area (Å²) in [5, 5.41) is 0. The van der Waals surface area contributed by atoms with Crippen molar-refractivity contribution in [2.45, 2.75) is 38.3 Å². The molecule has 0 amide bonds. The van der Waals surface area contributed by atoms with E-state index in [0.29, 0.717) is 26.1 Å². The van der Waals surface area contributed by atoms with Crippen molar-refractivity contribution in [3.8, 4) is 5.75 Å². The standard InChI is InChI=1S/C16H23NO4/c1-3-20-12-6-7-13-11(9-12)10-14(17)16(13)21-8-4-5-15(18)19-2/h6-7,9,14,16H,3-5,8,10,17H2,1-2H3. The first-order chi connectivity index (χ1) is 10.2. The lowest BCUT2D eigenvalue weighted by Crippen LogP contribution is -2.27. The molecule has 1 aliphatic carbocycles. The minimum atomic E-state index is -0.212. The molecule has 5 nitrogen and oxygen atoms in total. The van der Waals surface area contributed by atoms with Crippen LogP contribution in [0.25, 0.3) is 0 Å². The van der Waals surface area contributed by atoms with Gasteiger partial charge < -0.3 is 19.9 Å². The van der Waals surface area contributed by atoms with Crippen LogP contribution < -0.4 is 10.5 Å². The Morgan fingerprint density at radius 2 is 2.24 bits per heavy atom. The zero-order valence-electron chi connectivity index (χ0n) is 12.6. The maximum atomic E-state index is 11.1.